The number of aromatic amines is 1. The first-order valence-electron chi connectivity index (χ1n) is 10.2. The van der Waals surface area contributed by atoms with Gasteiger partial charge in [0.2, 0.25) is 5.91 Å². The lowest BCUT2D eigenvalue weighted by Gasteiger charge is -2.16. The number of nitrogens with zero attached hydrogens (tertiary/aromatic N) is 1. The molecule has 164 valence electrons. The van der Waals surface area contributed by atoms with E-state index in [9.17, 15) is 18.8 Å². The zero-order valence-corrected chi connectivity index (χ0v) is 18.2. The highest BCUT2D eigenvalue weighted by molar-refractivity contribution is 6.40. The Kier molecular flexibility index (Phi) is 4.98. The van der Waals surface area contributed by atoms with Gasteiger partial charge in [0.15, 0.2) is 0 Å². The molecule has 0 atom stereocenters. The first-order valence-corrected chi connectivity index (χ1v) is 10.5. The van der Waals surface area contributed by atoms with Crippen LogP contribution in [-0.4, -0.2) is 22.7 Å². The van der Waals surface area contributed by atoms with E-state index in [1.165, 1.54) is 24.3 Å². The fourth-order valence-electron chi connectivity index (χ4n) is 4.12. The van der Waals surface area contributed by atoms with Crippen molar-refractivity contribution in [2.45, 2.75) is 13.3 Å². The summed E-state index contributed by atoms with van der Waals surface area (Å²) in [6, 6.07) is 15.5. The summed E-state index contributed by atoms with van der Waals surface area (Å²) in [6.07, 6.45) is 0.0348. The molecule has 1 aromatic heterocycles. The van der Waals surface area contributed by atoms with Gasteiger partial charge in [-0.15, -0.1) is 0 Å². The van der Waals surface area contributed by atoms with Crippen molar-refractivity contribution >= 4 is 51.6 Å². The third-order valence-electron chi connectivity index (χ3n) is 5.69. The van der Waals surface area contributed by atoms with Crippen LogP contribution in [0.5, 0.6) is 0 Å². The predicted molar refractivity (Wildman–Crippen MR) is 124 cm³/mol. The van der Waals surface area contributed by atoms with E-state index < -0.39 is 11.8 Å². The average molecular weight is 462 g/mol. The van der Waals surface area contributed by atoms with E-state index in [2.05, 4.69) is 10.3 Å². The zero-order valence-electron chi connectivity index (χ0n) is 17.4. The standard InChI is InChI=1S/C25H17ClFN3O3/c1-13-18(19-10-14(27)6-8-21(19)28-13)12-23(31)29-15-7-9-22(20(26)11-15)30-24(32)16-4-2-3-5-17(16)25(30)33/h2-11,28H,12H2,1H3,(H,29,31). The summed E-state index contributed by atoms with van der Waals surface area (Å²) in [5, 5.41) is 3.57. The average Bonchev–Trinajstić information content (AvgIpc) is 3.22. The topological polar surface area (TPSA) is 82.3 Å². The summed E-state index contributed by atoms with van der Waals surface area (Å²) >= 11 is 6.39. The second kappa shape index (κ2) is 7.86. The molecule has 1 aliphatic heterocycles. The van der Waals surface area contributed by atoms with Gasteiger partial charge in [-0.1, -0.05) is 23.7 Å². The number of anilines is 2. The molecule has 33 heavy (non-hydrogen) atoms. The molecule has 2 heterocycles. The molecule has 6 nitrogen and oxygen atoms in total. The maximum absolute atomic E-state index is 13.7. The van der Waals surface area contributed by atoms with Gasteiger partial charge in [0.05, 0.1) is 28.3 Å². The van der Waals surface area contributed by atoms with Crippen LogP contribution in [0.1, 0.15) is 32.0 Å². The number of carbonyl (C=O) groups excluding carboxylic acids is 3. The number of benzene rings is 3. The first kappa shape index (κ1) is 20.9. The number of fused-ring (bicyclic) bond motifs is 2. The number of imide groups is 1. The Morgan fingerprint density at radius 1 is 1.03 bits per heavy atom. The van der Waals surface area contributed by atoms with E-state index in [1.807, 2.05) is 6.92 Å². The van der Waals surface area contributed by atoms with Crippen LogP contribution in [0.2, 0.25) is 5.02 Å². The molecule has 0 aliphatic carbocycles. The minimum atomic E-state index is -0.448. The summed E-state index contributed by atoms with van der Waals surface area (Å²) < 4.78 is 13.7. The van der Waals surface area contributed by atoms with Crippen LogP contribution in [0.15, 0.2) is 60.7 Å². The minimum Gasteiger partial charge on any atom is -0.358 e. The van der Waals surface area contributed by atoms with E-state index in [1.54, 1.807) is 36.4 Å². The molecule has 0 fully saturated rings. The molecule has 8 heteroatoms. The molecule has 4 aromatic rings. The van der Waals surface area contributed by atoms with Gasteiger partial charge in [-0.05, 0) is 61.0 Å². The fraction of sp³-hybridized carbons (Fsp3) is 0.0800. The lowest BCUT2D eigenvalue weighted by molar-refractivity contribution is -0.115. The van der Waals surface area contributed by atoms with Crippen LogP contribution in [0.3, 0.4) is 0 Å². The number of aryl methyl sites for hydroxylation is 1. The van der Waals surface area contributed by atoms with E-state index in [0.717, 1.165) is 16.1 Å². The van der Waals surface area contributed by atoms with Crippen molar-refractivity contribution in [2.24, 2.45) is 0 Å². The predicted octanol–water partition coefficient (Wildman–Crippen LogP) is 5.25. The Bertz CT molecular complexity index is 1440. The summed E-state index contributed by atoms with van der Waals surface area (Å²) in [4.78, 5) is 42.3. The Morgan fingerprint density at radius 2 is 1.73 bits per heavy atom. The third kappa shape index (κ3) is 3.56. The second-order valence-electron chi connectivity index (χ2n) is 7.80. The van der Waals surface area contributed by atoms with Gasteiger partial charge in [0, 0.05) is 22.3 Å². The van der Waals surface area contributed by atoms with Crippen molar-refractivity contribution in [1.29, 1.82) is 0 Å². The van der Waals surface area contributed by atoms with E-state index in [4.69, 9.17) is 11.6 Å². The Hall–Kier alpha value is -3.97. The maximum Gasteiger partial charge on any atom is 0.266 e. The van der Waals surface area contributed by atoms with Crippen LogP contribution in [-0.2, 0) is 11.2 Å². The molecule has 5 rings (SSSR count). The van der Waals surface area contributed by atoms with Gasteiger partial charge in [-0.3, -0.25) is 14.4 Å². The molecule has 1 aliphatic rings. The van der Waals surface area contributed by atoms with Gasteiger partial charge in [-0.2, -0.15) is 0 Å². The maximum atomic E-state index is 13.7. The molecule has 0 bridgehead atoms. The number of hydrogen-bond donors (Lipinski definition) is 2. The largest absolute Gasteiger partial charge is 0.358 e. The van der Waals surface area contributed by atoms with E-state index in [0.29, 0.717) is 27.8 Å². The molecular formula is C25H17ClFN3O3. The SMILES string of the molecule is Cc1[nH]c2ccc(F)cc2c1CC(=O)Nc1ccc(N2C(=O)c3ccccc3C2=O)c(Cl)c1. The molecule has 0 radical (unpaired) electrons. The number of nitrogens with one attached hydrogen (secondary N) is 2. The summed E-state index contributed by atoms with van der Waals surface area (Å²) in [7, 11) is 0. The number of aromatic nitrogens is 1. The van der Waals surface area contributed by atoms with Crippen molar-refractivity contribution in [2.75, 3.05) is 10.2 Å². The van der Waals surface area contributed by atoms with Crippen molar-refractivity contribution in [3.63, 3.8) is 0 Å². The summed E-state index contributed by atoms with van der Waals surface area (Å²) in [6.45, 7) is 1.83. The number of H-pyrrole nitrogens is 1. The smallest absolute Gasteiger partial charge is 0.266 e. The van der Waals surface area contributed by atoms with Gasteiger partial charge in [0.25, 0.3) is 11.8 Å². The van der Waals surface area contributed by atoms with Crippen LogP contribution in [0, 0.1) is 12.7 Å². The van der Waals surface area contributed by atoms with Crippen LogP contribution >= 0.6 is 11.6 Å². The lowest BCUT2D eigenvalue weighted by Crippen LogP contribution is -2.29. The number of rotatable bonds is 4. The first-order chi connectivity index (χ1) is 15.8. The van der Waals surface area contributed by atoms with Gasteiger partial charge in [-0.25, -0.2) is 9.29 Å². The van der Waals surface area contributed by atoms with Crippen molar-refractivity contribution in [3.05, 3.63) is 93.9 Å². The van der Waals surface area contributed by atoms with Crippen molar-refractivity contribution < 1.29 is 18.8 Å². The lowest BCUT2D eigenvalue weighted by atomic mass is 10.1. The monoisotopic (exact) mass is 461 g/mol. The number of amides is 3. The molecule has 3 aromatic carbocycles. The molecular weight excluding hydrogens is 445 g/mol. The van der Waals surface area contributed by atoms with Crippen LogP contribution < -0.4 is 10.2 Å². The number of hydrogen-bond acceptors (Lipinski definition) is 3. The van der Waals surface area contributed by atoms with Crippen molar-refractivity contribution in [3.8, 4) is 0 Å². The van der Waals surface area contributed by atoms with Crippen LogP contribution in [0.4, 0.5) is 15.8 Å². The Labute approximate surface area is 193 Å². The Balaban J connectivity index is 1.36. The second-order valence-corrected chi connectivity index (χ2v) is 8.21. The van der Waals surface area contributed by atoms with Gasteiger partial charge >= 0.3 is 0 Å². The number of halogens is 2. The molecule has 3 amide bonds. The highest BCUT2D eigenvalue weighted by Gasteiger charge is 2.37. The van der Waals surface area contributed by atoms with Crippen molar-refractivity contribution in [1.82, 2.24) is 4.98 Å². The van der Waals surface area contributed by atoms with Gasteiger partial charge < -0.3 is 10.3 Å². The summed E-state index contributed by atoms with van der Waals surface area (Å²) in [5.41, 5.74) is 3.53. The minimum absolute atomic E-state index is 0.0348. The quantitative estimate of drug-likeness (QED) is 0.407. The van der Waals surface area contributed by atoms with Gasteiger partial charge in [0.1, 0.15) is 5.82 Å². The number of carbonyl (C=O) groups is 3. The highest BCUT2D eigenvalue weighted by atomic mass is 35.5. The fourth-order valence-corrected chi connectivity index (χ4v) is 4.39. The van der Waals surface area contributed by atoms with E-state index >= 15 is 0 Å². The third-order valence-corrected chi connectivity index (χ3v) is 5.99. The summed E-state index contributed by atoms with van der Waals surface area (Å²) in [5.74, 6) is -1.58. The molecule has 0 unspecified atom stereocenters. The normalized spacial score (nSPS) is 13.0. The molecule has 0 spiro atoms. The van der Waals surface area contributed by atoms with E-state index in [-0.39, 0.29) is 28.9 Å². The highest BCUT2D eigenvalue weighted by Crippen LogP contribution is 2.35. The molecule has 0 saturated heterocycles. The molecule has 0 saturated carbocycles. The molecule has 2 N–H and O–H groups in total. The Morgan fingerprint density at radius 3 is 2.39 bits per heavy atom. The zero-order chi connectivity index (χ0) is 23.3. The van der Waals surface area contributed by atoms with Crippen LogP contribution in [0.25, 0.3) is 10.9 Å².